The molecule has 14 heavy (non-hydrogen) atoms. The maximum Gasteiger partial charge on any atom is 0.0933 e. The van der Waals surface area contributed by atoms with E-state index in [1.807, 2.05) is 0 Å². The van der Waals surface area contributed by atoms with Gasteiger partial charge in [-0.1, -0.05) is 11.6 Å². The van der Waals surface area contributed by atoms with Gasteiger partial charge in [0.2, 0.25) is 0 Å². The third-order valence-electron chi connectivity index (χ3n) is 3.09. The van der Waals surface area contributed by atoms with Gasteiger partial charge in [0.05, 0.1) is 19.6 Å². The average molecular weight is 193 g/mol. The minimum atomic E-state index is 1.22. The highest BCUT2D eigenvalue weighted by molar-refractivity contribution is 5.25. The molecule has 2 heteroatoms. The Labute approximate surface area is 86.7 Å². The van der Waals surface area contributed by atoms with Crippen molar-refractivity contribution in [2.75, 3.05) is 26.2 Å². The van der Waals surface area contributed by atoms with Crippen molar-refractivity contribution in [3.05, 3.63) is 23.4 Å². The molecule has 78 valence electrons. The zero-order valence-electron chi connectivity index (χ0n) is 9.13. The molecule has 0 amide bonds. The standard InChI is InChI=1S/C12H20N2/c1-11-4-2-5-12(10-11)14-8-3-6-13-7-9-14/h5,10,13H,2-4,6-9H2,1H3/p+1. The summed E-state index contributed by atoms with van der Waals surface area (Å²) in [6.45, 7) is 7.26. The van der Waals surface area contributed by atoms with E-state index in [0.717, 1.165) is 0 Å². The summed E-state index contributed by atoms with van der Waals surface area (Å²) in [5.41, 5.74) is 3.01. The van der Waals surface area contributed by atoms with Gasteiger partial charge < -0.3 is 10.2 Å². The van der Waals surface area contributed by atoms with E-state index in [0.29, 0.717) is 0 Å². The first-order valence-electron chi connectivity index (χ1n) is 5.80. The Bertz CT molecular complexity index is 245. The fourth-order valence-corrected chi connectivity index (χ4v) is 2.24. The van der Waals surface area contributed by atoms with Crippen LogP contribution in [0.15, 0.2) is 23.4 Å². The fourth-order valence-electron chi connectivity index (χ4n) is 2.24. The molecule has 0 radical (unpaired) electrons. The lowest BCUT2D eigenvalue weighted by Gasteiger charge is -2.25. The molecule has 2 N–H and O–H groups in total. The second-order valence-corrected chi connectivity index (χ2v) is 4.36. The highest BCUT2D eigenvalue weighted by Gasteiger charge is 2.13. The molecule has 2 rings (SSSR count). The number of quaternary nitrogens is 1. The van der Waals surface area contributed by atoms with Crippen LogP contribution in [0.2, 0.25) is 0 Å². The Morgan fingerprint density at radius 3 is 3.07 bits per heavy atom. The van der Waals surface area contributed by atoms with Crippen LogP contribution in [0.4, 0.5) is 0 Å². The van der Waals surface area contributed by atoms with Crippen LogP contribution in [0.3, 0.4) is 0 Å². The predicted octanol–water partition coefficient (Wildman–Crippen LogP) is 0.880. The fraction of sp³-hybridized carbons (Fsp3) is 0.667. The quantitative estimate of drug-likeness (QED) is 0.655. The lowest BCUT2D eigenvalue weighted by molar-refractivity contribution is -0.651. The van der Waals surface area contributed by atoms with Gasteiger partial charge in [0.25, 0.3) is 0 Å². The minimum absolute atomic E-state index is 1.22. The Morgan fingerprint density at radius 2 is 2.21 bits per heavy atom. The Kier molecular flexibility index (Phi) is 3.25. The number of hydrogen-bond acceptors (Lipinski definition) is 1. The van der Waals surface area contributed by atoms with Gasteiger partial charge in [0.15, 0.2) is 0 Å². The first-order valence-corrected chi connectivity index (χ1v) is 5.80. The Balaban J connectivity index is 2.02. The van der Waals surface area contributed by atoms with Crippen molar-refractivity contribution in [1.29, 1.82) is 0 Å². The van der Waals surface area contributed by atoms with Gasteiger partial charge >= 0.3 is 0 Å². The van der Waals surface area contributed by atoms with Gasteiger partial charge in [0, 0.05) is 18.7 Å². The SMILES string of the molecule is CC1=CC(N2CCC[NH2+]CC2)=CCC1. The molecule has 2 nitrogen and oxygen atoms in total. The van der Waals surface area contributed by atoms with Crippen molar-refractivity contribution in [3.63, 3.8) is 0 Å². The van der Waals surface area contributed by atoms with E-state index in [1.165, 1.54) is 56.7 Å². The molecule has 0 aromatic heterocycles. The molecular weight excluding hydrogens is 172 g/mol. The van der Waals surface area contributed by atoms with Gasteiger partial charge in [-0.2, -0.15) is 0 Å². The van der Waals surface area contributed by atoms with Gasteiger partial charge in [-0.05, 0) is 25.8 Å². The van der Waals surface area contributed by atoms with Gasteiger partial charge in [0.1, 0.15) is 0 Å². The number of rotatable bonds is 1. The molecule has 0 spiro atoms. The summed E-state index contributed by atoms with van der Waals surface area (Å²) in [5.74, 6) is 0. The lowest BCUT2D eigenvalue weighted by atomic mass is 10.0. The predicted molar refractivity (Wildman–Crippen MR) is 58.9 cm³/mol. The molecular formula is C12H21N2+. The lowest BCUT2D eigenvalue weighted by Crippen LogP contribution is -2.84. The van der Waals surface area contributed by atoms with Crippen LogP contribution >= 0.6 is 0 Å². The minimum Gasteiger partial charge on any atom is -0.366 e. The largest absolute Gasteiger partial charge is 0.366 e. The number of hydrogen-bond donors (Lipinski definition) is 1. The van der Waals surface area contributed by atoms with Crippen LogP contribution in [0.1, 0.15) is 26.2 Å². The van der Waals surface area contributed by atoms with Gasteiger partial charge in [-0.15, -0.1) is 0 Å². The molecule has 0 aromatic carbocycles. The number of allylic oxidation sites excluding steroid dienone is 3. The summed E-state index contributed by atoms with van der Waals surface area (Å²) in [6, 6.07) is 0. The number of nitrogens with zero attached hydrogens (tertiary/aromatic N) is 1. The van der Waals surface area contributed by atoms with Gasteiger partial charge in [-0.3, -0.25) is 0 Å². The highest BCUT2D eigenvalue weighted by atomic mass is 15.2. The summed E-state index contributed by atoms with van der Waals surface area (Å²) in [4.78, 5) is 2.55. The third kappa shape index (κ3) is 2.38. The zero-order chi connectivity index (χ0) is 9.80. The molecule has 0 atom stereocenters. The van der Waals surface area contributed by atoms with Crippen molar-refractivity contribution in [2.24, 2.45) is 0 Å². The summed E-state index contributed by atoms with van der Waals surface area (Å²) >= 11 is 0. The molecule has 0 saturated carbocycles. The van der Waals surface area contributed by atoms with Crippen molar-refractivity contribution in [1.82, 2.24) is 4.90 Å². The number of nitrogens with two attached hydrogens (primary N) is 1. The summed E-state index contributed by atoms with van der Waals surface area (Å²) in [5, 5.41) is 2.43. The molecule has 0 aromatic rings. The van der Waals surface area contributed by atoms with Crippen molar-refractivity contribution >= 4 is 0 Å². The molecule has 0 unspecified atom stereocenters. The topological polar surface area (TPSA) is 19.9 Å². The van der Waals surface area contributed by atoms with Crippen LogP contribution < -0.4 is 5.32 Å². The van der Waals surface area contributed by atoms with Gasteiger partial charge in [-0.25, -0.2) is 0 Å². The van der Waals surface area contributed by atoms with Crippen LogP contribution in [0.5, 0.6) is 0 Å². The van der Waals surface area contributed by atoms with Crippen LogP contribution in [0, 0.1) is 0 Å². The molecule has 2 aliphatic rings. The summed E-state index contributed by atoms with van der Waals surface area (Å²) in [6.07, 6.45) is 8.58. The summed E-state index contributed by atoms with van der Waals surface area (Å²) in [7, 11) is 0. The first-order chi connectivity index (χ1) is 6.86. The zero-order valence-corrected chi connectivity index (χ0v) is 9.13. The van der Waals surface area contributed by atoms with Crippen LogP contribution in [-0.4, -0.2) is 31.1 Å². The molecule has 1 saturated heterocycles. The van der Waals surface area contributed by atoms with Crippen LogP contribution in [-0.2, 0) is 0 Å². The maximum absolute atomic E-state index is 2.55. The molecule has 1 aliphatic carbocycles. The second-order valence-electron chi connectivity index (χ2n) is 4.36. The van der Waals surface area contributed by atoms with E-state index in [9.17, 15) is 0 Å². The van der Waals surface area contributed by atoms with Crippen molar-refractivity contribution in [3.8, 4) is 0 Å². The van der Waals surface area contributed by atoms with E-state index in [2.05, 4.69) is 29.3 Å². The highest BCUT2D eigenvalue weighted by Crippen LogP contribution is 2.19. The van der Waals surface area contributed by atoms with E-state index in [4.69, 9.17) is 0 Å². The Morgan fingerprint density at radius 1 is 1.29 bits per heavy atom. The van der Waals surface area contributed by atoms with E-state index in [1.54, 1.807) is 0 Å². The smallest absolute Gasteiger partial charge is 0.0933 e. The first kappa shape index (κ1) is 9.78. The maximum atomic E-state index is 2.55. The monoisotopic (exact) mass is 193 g/mol. The molecule has 0 bridgehead atoms. The normalized spacial score (nSPS) is 23.9. The molecule has 1 aliphatic heterocycles. The average Bonchev–Trinajstić information content (AvgIpc) is 2.45. The van der Waals surface area contributed by atoms with E-state index in [-0.39, 0.29) is 0 Å². The third-order valence-corrected chi connectivity index (χ3v) is 3.09. The molecule has 1 heterocycles. The van der Waals surface area contributed by atoms with Crippen molar-refractivity contribution < 1.29 is 5.32 Å². The van der Waals surface area contributed by atoms with Crippen LogP contribution in [0.25, 0.3) is 0 Å². The summed E-state index contributed by atoms with van der Waals surface area (Å²) < 4.78 is 0. The Hall–Kier alpha value is -0.760. The second kappa shape index (κ2) is 4.65. The van der Waals surface area contributed by atoms with Crippen molar-refractivity contribution in [2.45, 2.75) is 26.2 Å². The van der Waals surface area contributed by atoms with E-state index < -0.39 is 0 Å². The van der Waals surface area contributed by atoms with E-state index >= 15 is 0 Å². The molecule has 1 fully saturated rings.